The number of rotatable bonds is 6. The Balaban J connectivity index is 1.84. The predicted octanol–water partition coefficient (Wildman–Crippen LogP) is 3.29. The van der Waals surface area contributed by atoms with Gasteiger partial charge in [-0.3, -0.25) is 19.9 Å². The molecule has 2 aromatic carbocycles. The van der Waals surface area contributed by atoms with E-state index in [0.717, 1.165) is 16.0 Å². The SMILES string of the molecule is CCC(=NCCc1ccccc1)C1C(=O)NC(=O)N(c2ccccc2C)C1=O. The van der Waals surface area contributed by atoms with Crippen LogP contribution in [0, 0.1) is 12.8 Å². The van der Waals surface area contributed by atoms with Crippen molar-refractivity contribution in [1.82, 2.24) is 5.32 Å². The lowest BCUT2D eigenvalue weighted by atomic mass is 9.95. The summed E-state index contributed by atoms with van der Waals surface area (Å²) in [5, 5.41) is 2.30. The smallest absolute Gasteiger partial charge is 0.292 e. The van der Waals surface area contributed by atoms with Crippen LogP contribution in [0.2, 0.25) is 0 Å². The molecule has 1 aliphatic rings. The van der Waals surface area contributed by atoms with Gasteiger partial charge in [0, 0.05) is 12.3 Å². The number of benzene rings is 2. The van der Waals surface area contributed by atoms with E-state index in [9.17, 15) is 14.4 Å². The standard InChI is InChI=1S/C22H23N3O3/c1-3-17(23-14-13-16-10-5-4-6-11-16)19-20(26)24-22(28)25(21(19)27)18-12-8-7-9-15(18)2/h4-12,19H,3,13-14H2,1-2H3,(H,24,26,28). The Hall–Kier alpha value is -3.28. The Bertz CT molecular complexity index is 922. The van der Waals surface area contributed by atoms with E-state index < -0.39 is 23.8 Å². The van der Waals surface area contributed by atoms with E-state index in [0.29, 0.717) is 30.8 Å². The molecule has 3 rings (SSSR count). The summed E-state index contributed by atoms with van der Waals surface area (Å²) in [6.45, 7) is 4.15. The first kappa shape index (κ1) is 19.5. The summed E-state index contributed by atoms with van der Waals surface area (Å²) in [5.74, 6) is -2.25. The number of barbiturate groups is 1. The topological polar surface area (TPSA) is 78.8 Å². The summed E-state index contributed by atoms with van der Waals surface area (Å²) >= 11 is 0. The van der Waals surface area contributed by atoms with Gasteiger partial charge in [0.15, 0.2) is 5.92 Å². The monoisotopic (exact) mass is 377 g/mol. The Labute approximate surface area is 164 Å². The number of aliphatic imine (C=N–C) groups is 1. The number of amides is 4. The molecule has 1 heterocycles. The first-order chi connectivity index (χ1) is 13.5. The molecule has 6 nitrogen and oxygen atoms in total. The summed E-state index contributed by atoms with van der Waals surface area (Å²) in [4.78, 5) is 43.5. The highest BCUT2D eigenvalue weighted by Gasteiger charge is 2.43. The molecule has 0 radical (unpaired) electrons. The molecule has 1 N–H and O–H groups in total. The van der Waals surface area contributed by atoms with Crippen LogP contribution in [0.4, 0.5) is 10.5 Å². The van der Waals surface area contributed by atoms with Crippen LogP contribution in [-0.2, 0) is 16.0 Å². The van der Waals surface area contributed by atoms with E-state index in [1.54, 1.807) is 12.1 Å². The first-order valence-corrected chi connectivity index (χ1v) is 9.34. The fourth-order valence-electron chi connectivity index (χ4n) is 3.29. The summed E-state index contributed by atoms with van der Waals surface area (Å²) in [5.41, 5.74) is 2.88. The van der Waals surface area contributed by atoms with Crippen LogP contribution in [0.5, 0.6) is 0 Å². The van der Waals surface area contributed by atoms with Crippen LogP contribution in [0.15, 0.2) is 59.6 Å². The van der Waals surface area contributed by atoms with Crippen LogP contribution >= 0.6 is 0 Å². The van der Waals surface area contributed by atoms with Gasteiger partial charge in [0.05, 0.1) is 5.69 Å². The van der Waals surface area contributed by atoms with Crippen molar-refractivity contribution in [2.75, 3.05) is 11.4 Å². The Morgan fingerprint density at radius 1 is 1.04 bits per heavy atom. The van der Waals surface area contributed by atoms with E-state index >= 15 is 0 Å². The Morgan fingerprint density at radius 2 is 1.71 bits per heavy atom. The highest BCUT2D eigenvalue weighted by molar-refractivity contribution is 6.35. The molecular formula is C22H23N3O3. The third kappa shape index (κ3) is 4.01. The maximum atomic E-state index is 13.1. The molecule has 0 saturated carbocycles. The number of nitrogens with one attached hydrogen (secondary N) is 1. The minimum absolute atomic E-state index is 0.453. The van der Waals surface area contributed by atoms with Gasteiger partial charge in [-0.2, -0.15) is 0 Å². The largest absolute Gasteiger partial charge is 0.335 e. The van der Waals surface area contributed by atoms with E-state index in [2.05, 4.69) is 10.3 Å². The van der Waals surface area contributed by atoms with Gasteiger partial charge in [-0.1, -0.05) is 55.5 Å². The molecule has 6 heteroatoms. The van der Waals surface area contributed by atoms with Crippen molar-refractivity contribution in [3.8, 4) is 0 Å². The van der Waals surface area contributed by atoms with Gasteiger partial charge in [0.2, 0.25) is 5.91 Å². The van der Waals surface area contributed by atoms with Crippen molar-refractivity contribution >= 4 is 29.2 Å². The average molecular weight is 377 g/mol. The fourth-order valence-corrected chi connectivity index (χ4v) is 3.29. The number of para-hydroxylation sites is 1. The minimum Gasteiger partial charge on any atom is -0.292 e. The summed E-state index contributed by atoms with van der Waals surface area (Å²) in [6, 6.07) is 16.3. The second-order valence-corrected chi connectivity index (χ2v) is 6.65. The number of imide groups is 2. The van der Waals surface area contributed by atoms with Crippen molar-refractivity contribution in [3.05, 3.63) is 65.7 Å². The van der Waals surface area contributed by atoms with Crippen LogP contribution in [-0.4, -0.2) is 30.1 Å². The van der Waals surface area contributed by atoms with Gasteiger partial charge in [0.25, 0.3) is 5.91 Å². The molecule has 0 aromatic heterocycles. The zero-order valence-electron chi connectivity index (χ0n) is 16.0. The second kappa shape index (κ2) is 8.61. The van der Waals surface area contributed by atoms with Gasteiger partial charge < -0.3 is 0 Å². The third-order valence-corrected chi connectivity index (χ3v) is 4.77. The summed E-state index contributed by atoms with van der Waals surface area (Å²) < 4.78 is 0. The number of carbonyl (C=O) groups excluding carboxylic acids is 3. The molecule has 1 aliphatic heterocycles. The second-order valence-electron chi connectivity index (χ2n) is 6.65. The number of carbonyl (C=O) groups is 3. The van der Waals surface area contributed by atoms with Gasteiger partial charge >= 0.3 is 6.03 Å². The number of hydrogen-bond donors (Lipinski definition) is 1. The summed E-state index contributed by atoms with van der Waals surface area (Å²) in [6.07, 6.45) is 1.17. The molecule has 2 aromatic rings. The van der Waals surface area contributed by atoms with E-state index in [1.165, 1.54) is 0 Å². The number of hydrogen-bond acceptors (Lipinski definition) is 4. The predicted molar refractivity (Wildman–Crippen MR) is 108 cm³/mol. The van der Waals surface area contributed by atoms with Crippen LogP contribution in [0.25, 0.3) is 0 Å². The molecule has 28 heavy (non-hydrogen) atoms. The zero-order chi connectivity index (χ0) is 20.1. The van der Waals surface area contributed by atoms with Crippen molar-refractivity contribution in [3.63, 3.8) is 0 Å². The molecule has 144 valence electrons. The molecular weight excluding hydrogens is 354 g/mol. The number of anilines is 1. The van der Waals surface area contributed by atoms with Gasteiger partial charge in [-0.05, 0) is 37.0 Å². The van der Waals surface area contributed by atoms with Crippen molar-refractivity contribution in [2.45, 2.75) is 26.7 Å². The van der Waals surface area contributed by atoms with Gasteiger partial charge in [-0.25, -0.2) is 9.69 Å². The lowest BCUT2D eigenvalue weighted by molar-refractivity contribution is -0.131. The van der Waals surface area contributed by atoms with Gasteiger partial charge in [0.1, 0.15) is 0 Å². The first-order valence-electron chi connectivity index (χ1n) is 9.34. The number of nitrogens with zero attached hydrogens (tertiary/aromatic N) is 2. The minimum atomic E-state index is -1.09. The maximum absolute atomic E-state index is 13.1. The third-order valence-electron chi connectivity index (χ3n) is 4.77. The maximum Gasteiger partial charge on any atom is 0.335 e. The number of aryl methyl sites for hydroxylation is 1. The lowest BCUT2D eigenvalue weighted by Crippen LogP contribution is -2.60. The zero-order valence-corrected chi connectivity index (χ0v) is 16.0. The Kier molecular flexibility index (Phi) is 5.99. The van der Waals surface area contributed by atoms with E-state index in [-0.39, 0.29) is 0 Å². The normalized spacial score (nSPS) is 17.6. The highest BCUT2D eigenvalue weighted by atomic mass is 16.2. The average Bonchev–Trinajstić information content (AvgIpc) is 2.68. The van der Waals surface area contributed by atoms with E-state index in [1.807, 2.05) is 56.3 Å². The molecule has 0 bridgehead atoms. The molecule has 0 spiro atoms. The lowest BCUT2D eigenvalue weighted by Gasteiger charge is -2.31. The Morgan fingerprint density at radius 3 is 2.39 bits per heavy atom. The van der Waals surface area contributed by atoms with Crippen molar-refractivity contribution < 1.29 is 14.4 Å². The molecule has 1 unspecified atom stereocenters. The quantitative estimate of drug-likeness (QED) is 0.620. The molecule has 1 atom stereocenters. The van der Waals surface area contributed by atoms with Crippen LogP contribution < -0.4 is 10.2 Å². The van der Waals surface area contributed by atoms with Crippen LogP contribution in [0.3, 0.4) is 0 Å². The molecule has 0 aliphatic carbocycles. The fraction of sp³-hybridized carbons (Fsp3) is 0.273. The molecule has 4 amide bonds. The highest BCUT2D eigenvalue weighted by Crippen LogP contribution is 2.25. The number of urea groups is 1. The van der Waals surface area contributed by atoms with Crippen molar-refractivity contribution in [1.29, 1.82) is 0 Å². The van der Waals surface area contributed by atoms with Crippen LogP contribution in [0.1, 0.15) is 24.5 Å². The molecule has 1 fully saturated rings. The van der Waals surface area contributed by atoms with E-state index in [4.69, 9.17) is 0 Å². The summed E-state index contributed by atoms with van der Waals surface area (Å²) in [7, 11) is 0. The van der Waals surface area contributed by atoms with Crippen molar-refractivity contribution in [2.24, 2.45) is 10.9 Å². The van der Waals surface area contributed by atoms with Gasteiger partial charge in [-0.15, -0.1) is 0 Å². The molecule has 1 saturated heterocycles.